The second-order valence-corrected chi connectivity index (χ2v) is 5.17. The Morgan fingerprint density at radius 2 is 2.05 bits per heavy atom. The normalized spacial score (nSPS) is 13.9. The Bertz CT molecular complexity index is 563. The van der Waals surface area contributed by atoms with Gasteiger partial charge in [-0.2, -0.15) is 0 Å². The molecule has 0 bridgehead atoms. The highest BCUT2D eigenvalue weighted by Crippen LogP contribution is 2.27. The fourth-order valence-electron chi connectivity index (χ4n) is 1.76. The molecule has 2 N–H and O–H groups in total. The van der Waals surface area contributed by atoms with E-state index in [-0.39, 0.29) is 11.9 Å². The van der Waals surface area contributed by atoms with Crippen LogP contribution in [0.4, 0.5) is 4.39 Å². The Kier molecular flexibility index (Phi) is 4.50. The SMILES string of the molecule is CC(N)C(Oc1cncc(Br)c1)c1ccccc1F. The van der Waals surface area contributed by atoms with Crippen molar-refractivity contribution in [1.29, 1.82) is 0 Å². The van der Waals surface area contributed by atoms with Crippen molar-refractivity contribution < 1.29 is 9.13 Å². The minimum absolute atomic E-state index is 0.326. The van der Waals surface area contributed by atoms with Gasteiger partial charge in [-0.3, -0.25) is 4.98 Å². The number of rotatable bonds is 4. The summed E-state index contributed by atoms with van der Waals surface area (Å²) in [7, 11) is 0. The summed E-state index contributed by atoms with van der Waals surface area (Å²) in [5, 5.41) is 0. The predicted molar refractivity (Wildman–Crippen MR) is 75.4 cm³/mol. The highest BCUT2D eigenvalue weighted by molar-refractivity contribution is 9.10. The van der Waals surface area contributed by atoms with E-state index >= 15 is 0 Å². The first-order valence-corrected chi connectivity index (χ1v) is 6.64. The van der Waals surface area contributed by atoms with Gasteiger partial charge in [0, 0.05) is 22.3 Å². The molecule has 5 heteroatoms. The van der Waals surface area contributed by atoms with Crippen LogP contribution in [0.1, 0.15) is 18.6 Å². The first-order valence-electron chi connectivity index (χ1n) is 5.85. The number of hydrogen-bond acceptors (Lipinski definition) is 3. The van der Waals surface area contributed by atoms with Gasteiger partial charge in [0.05, 0.1) is 6.20 Å². The maximum atomic E-state index is 13.8. The summed E-state index contributed by atoms with van der Waals surface area (Å²) < 4.78 is 20.4. The molecule has 0 aliphatic rings. The molecule has 0 saturated carbocycles. The number of nitrogens with zero attached hydrogens (tertiary/aromatic N) is 1. The average Bonchev–Trinajstić information content (AvgIpc) is 2.37. The molecular formula is C14H14BrFN2O. The van der Waals surface area contributed by atoms with E-state index in [0.29, 0.717) is 11.3 Å². The van der Waals surface area contributed by atoms with Crippen LogP contribution in [-0.2, 0) is 0 Å². The zero-order chi connectivity index (χ0) is 13.8. The summed E-state index contributed by atoms with van der Waals surface area (Å²) in [5.74, 6) is 0.215. The summed E-state index contributed by atoms with van der Waals surface area (Å²) in [6, 6.07) is 7.88. The van der Waals surface area contributed by atoms with Crippen molar-refractivity contribution in [2.75, 3.05) is 0 Å². The molecule has 2 rings (SSSR count). The molecule has 1 aromatic carbocycles. The van der Waals surface area contributed by atoms with Crippen LogP contribution in [-0.4, -0.2) is 11.0 Å². The first-order chi connectivity index (χ1) is 9.08. The van der Waals surface area contributed by atoms with Gasteiger partial charge in [-0.1, -0.05) is 18.2 Å². The van der Waals surface area contributed by atoms with Gasteiger partial charge in [-0.25, -0.2) is 4.39 Å². The van der Waals surface area contributed by atoms with E-state index in [9.17, 15) is 4.39 Å². The number of hydrogen-bond donors (Lipinski definition) is 1. The minimum atomic E-state index is -0.558. The topological polar surface area (TPSA) is 48.1 Å². The van der Waals surface area contributed by atoms with Gasteiger partial charge in [0.1, 0.15) is 17.7 Å². The Balaban J connectivity index is 2.29. The van der Waals surface area contributed by atoms with Crippen molar-refractivity contribution in [3.05, 3.63) is 58.6 Å². The molecule has 0 aliphatic heterocycles. The monoisotopic (exact) mass is 324 g/mol. The molecule has 0 aliphatic carbocycles. The molecule has 1 heterocycles. The van der Waals surface area contributed by atoms with E-state index in [4.69, 9.17) is 10.5 Å². The van der Waals surface area contributed by atoms with Crippen LogP contribution in [0.25, 0.3) is 0 Å². The largest absolute Gasteiger partial charge is 0.482 e. The summed E-state index contributed by atoms with van der Waals surface area (Å²) in [6.07, 6.45) is 2.66. The molecule has 0 spiro atoms. The Hall–Kier alpha value is -1.46. The van der Waals surface area contributed by atoms with E-state index in [2.05, 4.69) is 20.9 Å². The van der Waals surface area contributed by atoms with Crippen LogP contribution >= 0.6 is 15.9 Å². The molecule has 0 fully saturated rings. The van der Waals surface area contributed by atoms with E-state index in [0.717, 1.165) is 4.47 Å². The summed E-state index contributed by atoms with van der Waals surface area (Å²) in [5.41, 5.74) is 6.34. The number of nitrogens with two attached hydrogens (primary N) is 1. The molecule has 1 aromatic heterocycles. The third kappa shape index (κ3) is 3.52. The van der Waals surface area contributed by atoms with Crippen molar-refractivity contribution in [3.63, 3.8) is 0 Å². The van der Waals surface area contributed by atoms with Gasteiger partial charge < -0.3 is 10.5 Å². The zero-order valence-electron chi connectivity index (χ0n) is 10.4. The van der Waals surface area contributed by atoms with E-state index in [1.807, 2.05) is 0 Å². The second kappa shape index (κ2) is 6.12. The maximum absolute atomic E-state index is 13.8. The fraction of sp³-hybridized carbons (Fsp3) is 0.214. The lowest BCUT2D eigenvalue weighted by molar-refractivity contribution is 0.175. The highest BCUT2D eigenvalue weighted by atomic mass is 79.9. The Morgan fingerprint density at radius 3 is 2.68 bits per heavy atom. The third-order valence-corrected chi connectivity index (χ3v) is 3.07. The number of aromatic nitrogens is 1. The predicted octanol–water partition coefficient (Wildman–Crippen LogP) is 3.45. The van der Waals surface area contributed by atoms with Crippen LogP contribution in [0.2, 0.25) is 0 Å². The molecule has 0 radical (unpaired) electrons. The molecule has 0 saturated heterocycles. The van der Waals surface area contributed by atoms with Gasteiger partial charge in [-0.15, -0.1) is 0 Å². The van der Waals surface area contributed by atoms with Crippen LogP contribution in [0.5, 0.6) is 5.75 Å². The molecule has 2 unspecified atom stereocenters. The van der Waals surface area contributed by atoms with Crippen molar-refractivity contribution in [3.8, 4) is 5.75 Å². The summed E-state index contributed by atoms with van der Waals surface area (Å²) >= 11 is 3.31. The molecule has 2 atom stereocenters. The highest BCUT2D eigenvalue weighted by Gasteiger charge is 2.21. The van der Waals surface area contributed by atoms with Crippen LogP contribution < -0.4 is 10.5 Å². The summed E-state index contributed by atoms with van der Waals surface area (Å²) in [4.78, 5) is 4.01. The molecule has 19 heavy (non-hydrogen) atoms. The molecule has 2 aromatic rings. The second-order valence-electron chi connectivity index (χ2n) is 4.26. The minimum Gasteiger partial charge on any atom is -0.482 e. The van der Waals surface area contributed by atoms with Gasteiger partial charge >= 0.3 is 0 Å². The van der Waals surface area contributed by atoms with Gasteiger partial charge in [0.2, 0.25) is 0 Å². The lowest BCUT2D eigenvalue weighted by Gasteiger charge is -2.23. The van der Waals surface area contributed by atoms with E-state index in [1.165, 1.54) is 6.07 Å². The lowest BCUT2D eigenvalue weighted by atomic mass is 10.0. The zero-order valence-corrected chi connectivity index (χ0v) is 12.0. The van der Waals surface area contributed by atoms with Crippen molar-refractivity contribution in [2.45, 2.75) is 19.1 Å². The van der Waals surface area contributed by atoms with Crippen LogP contribution in [0, 0.1) is 5.82 Å². The van der Waals surface area contributed by atoms with Gasteiger partial charge in [0.15, 0.2) is 0 Å². The fourth-order valence-corrected chi connectivity index (χ4v) is 2.11. The van der Waals surface area contributed by atoms with Crippen LogP contribution in [0.15, 0.2) is 47.2 Å². The smallest absolute Gasteiger partial charge is 0.141 e. The standard InChI is InChI=1S/C14H14BrFN2O/c1-9(17)14(12-4-2-3-5-13(12)16)19-11-6-10(15)7-18-8-11/h2-9,14H,17H2,1H3. The van der Waals surface area contributed by atoms with Crippen LogP contribution in [0.3, 0.4) is 0 Å². The number of halogens is 2. The quantitative estimate of drug-likeness (QED) is 0.937. The molecular weight excluding hydrogens is 311 g/mol. The van der Waals surface area contributed by atoms with E-state index in [1.54, 1.807) is 43.6 Å². The molecule has 0 amide bonds. The Morgan fingerprint density at radius 1 is 1.32 bits per heavy atom. The van der Waals surface area contributed by atoms with Gasteiger partial charge in [0.25, 0.3) is 0 Å². The first kappa shape index (κ1) is 14.0. The maximum Gasteiger partial charge on any atom is 0.141 e. The Labute approximate surface area is 119 Å². The number of benzene rings is 1. The van der Waals surface area contributed by atoms with Gasteiger partial charge in [-0.05, 0) is 35.0 Å². The average molecular weight is 325 g/mol. The summed E-state index contributed by atoms with van der Waals surface area (Å²) in [6.45, 7) is 1.78. The van der Waals surface area contributed by atoms with Crippen molar-refractivity contribution in [2.24, 2.45) is 5.73 Å². The third-order valence-electron chi connectivity index (χ3n) is 2.63. The molecule has 100 valence electrons. The van der Waals surface area contributed by atoms with Crippen molar-refractivity contribution >= 4 is 15.9 Å². The lowest BCUT2D eigenvalue weighted by Crippen LogP contribution is -2.29. The molecule has 3 nitrogen and oxygen atoms in total. The van der Waals surface area contributed by atoms with Crippen molar-refractivity contribution in [1.82, 2.24) is 4.98 Å². The number of ether oxygens (including phenoxy) is 1. The van der Waals surface area contributed by atoms with E-state index < -0.39 is 6.10 Å². The number of pyridine rings is 1.